The average Bonchev–Trinajstić information content (AvgIpc) is 2.74. The third kappa shape index (κ3) is 4.43. The predicted octanol–water partition coefficient (Wildman–Crippen LogP) is 3.62. The van der Waals surface area contributed by atoms with Gasteiger partial charge in [0, 0.05) is 16.5 Å². The summed E-state index contributed by atoms with van der Waals surface area (Å²) in [6.07, 6.45) is 0. The molecule has 0 aliphatic rings. The Bertz CT molecular complexity index is 1130. The lowest BCUT2D eigenvalue weighted by Gasteiger charge is -2.17. The number of fused-ring (bicyclic) bond motifs is 1. The number of anilines is 2. The number of rotatable bonds is 7. The molecule has 0 saturated carbocycles. The van der Waals surface area contributed by atoms with Gasteiger partial charge in [0.2, 0.25) is 0 Å². The highest BCUT2D eigenvalue weighted by atomic mass is 32.2. The van der Waals surface area contributed by atoms with E-state index in [9.17, 15) is 13.2 Å². The Hall–Kier alpha value is -3.26. The van der Waals surface area contributed by atoms with Crippen LogP contribution in [0.25, 0.3) is 10.8 Å². The topological polar surface area (TPSA) is 93.7 Å². The van der Waals surface area contributed by atoms with Gasteiger partial charge >= 0.3 is 5.97 Å². The molecule has 2 N–H and O–H groups in total. The van der Waals surface area contributed by atoms with Crippen molar-refractivity contribution in [3.63, 3.8) is 0 Å². The van der Waals surface area contributed by atoms with E-state index >= 15 is 0 Å². The molecule has 3 aromatic rings. The van der Waals surface area contributed by atoms with E-state index in [0.29, 0.717) is 22.5 Å². The molecule has 0 radical (unpaired) electrons. The maximum Gasteiger partial charge on any atom is 0.327 e. The normalized spacial score (nSPS) is 12.2. The minimum Gasteiger partial charge on any atom is -0.497 e. The molecule has 0 fully saturated rings. The number of carbonyl (C=O) groups excluding carboxylic acids is 1. The van der Waals surface area contributed by atoms with Crippen molar-refractivity contribution in [3.8, 4) is 5.75 Å². The number of methoxy groups -OCH3 is 2. The number of benzene rings is 3. The van der Waals surface area contributed by atoms with Gasteiger partial charge in [-0.15, -0.1) is 0 Å². The highest BCUT2D eigenvalue weighted by molar-refractivity contribution is 7.92. The van der Waals surface area contributed by atoms with Crippen LogP contribution in [0.4, 0.5) is 11.4 Å². The molecule has 0 amide bonds. The molecule has 1 atom stereocenters. The molecule has 152 valence electrons. The van der Waals surface area contributed by atoms with Gasteiger partial charge in [0.15, 0.2) is 0 Å². The Labute approximate surface area is 169 Å². The van der Waals surface area contributed by atoms with Crippen molar-refractivity contribution < 1.29 is 22.7 Å². The number of sulfonamides is 1. The second-order valence-corrected chi connectivity index (χ2v) is 8.06. The summed E-state index contributed by atoms with van der Waals surface area (Å²) in [4.78, 5) is 11.9. The third-order valence-corrected chi connectivity index (χ3v) is 5.85. The molecule has 0 saturated heterocycles. The monoisotopic (exact) mass is 414 g/mol. The van der Waals surface area contributed by atoms with Gasteiger partial charge in [-0.1, -0.05) is 24.3 Å². The number of esters is 1. The molecule has 7 nitrogen and oxygen atoms in total. The highest BCUT2D eigenvalue weighted by Gasteiger charge is 2.18. The van der Waals surface area contributed by atoms with Crippen LogP contribution in [0.1, 0.15) is 6.92 Å². The molecule has 0 unspecified atom stereocenters. The summed E-state index contributed by atoms with van der Waals surface area (Å²) in [5.74, 6) is 0.183. The molecule has 0 aliphatic carbocycles. The van der Waals surface area contributed by atoms with E-state index in [1.54, 1.807) is 31.2 Å². The first-order valence-corrected chi connectivity index (χ1v) is 10.4. The predicted molar refractivity (Wildman–Crippen MR) is 113 cm³/mol. The van der Waals surface area contributed by atoms with Crippen molar-refractivity contribution in [3.05, 3.63) is 60.7 Å². The Morgan fingerprint density at radius 1 is 0.897 bits per heavy atom. The van der Waals surface area contributed by atoms with Crippen LogP contribution in [0.15, 0.2) is 65.6 Å². The Kier molecular flexibility index (Phi) is 5.93. The van der Waals surface area contributed by atoms with Gasteiger partial charge in [-0.05, 0) is 43.3 Å². The number of hydrogen-bond acceptors (Lipinski definition) is 6. The molecule has 3 aromatic carbocycles. The fourth-order valence-electron chi connectivity index (χ4n) is 2.94. The minimum atomic E-state index is -3.78. The molecule has 0 aliphatic heterocycles. The Morgan fingerprint density at radius 3 is 2.07 bits per heavy atom. The lowest BCUT2D eigenvalue weighted by Crippen LogP contribution is -2.27. The van der Waals surface area contributed by atoms with Crippen molar-refractivity contribution in [2.24, 2.45) is 0 Å². The Balaban J connectivity index is 1.96. The van der Waals surface area contributed by atoms with E-state index in [0.717, 1.165) is 5.39 Å². The summed E-state index contributed by atoms with van der Waals surface area (Å²) in [5.41, 5.74) is 1.14. The Morgan fingerprint density at radius 2 is 1.48 bits per heavy atom. The number of hydrogen-bond donors (Lipinski definition) is 2. The van der Waals surface area contributed by atoms with Gasteiger partial charge in [-0.25, -0.2) is 13.2 Å². The van der Waals surface area contributed by atoms with Gasteiger partial charge in [-0.3, -0.25) is 4.72 Å². The van der Waals surface area contributed by atoms with Crippen LogP contribution in [0.2, 0.25) is 0 Å². The minimum absolute atomic E-state index is 0.129. The second-order valence-electron chi connectivity index (χ2n) is 6.38. The van der Waals surface area contributed by atoms with Crippen molar-refractivity contribution in [1.82, 2.24) is 0 Å². The molecule has 8 heteroatoms. The first-order chi connectivity index (χ1) is 13.9. The van der Waals surface area contributed by atoms with Gasteiger partial charge in [0.05, 0.1) is 24.8 Å². The summed E-state index contributed by atoms with van der Waals surface area (Å²) in [5, 5.41) is 4.58. The first-order valence-electron chi connectivity index (χ1n) is 8.88. The lowest BCUT2D eigenvalue weighted by atomic mass is 10.1. The van der Waals surface area contributed by atoms with E-state index in [4.69, 9.17) is 9.47 Å². The van der Waals surface area contributed by atoms with Crippen LogP contribution < -0.4 is 14.8 Å². The molecule has 29 heavy (non-hydrogen) atoms. The third-order valence-electron chi connectivity index (χ3n) is 4.46. The number of carbonyl (C=O) groups is 1. The van der Waals surface area contributed by atoms with Gasteiger partial charge < -0.3 is 14.8 Å². The summed E-state index contributed by atoms with van der Waals surface area (Å²) in [7, 11) is -0.936. The highest BCUT2D eigenvalue weighted by Crippen LogP contribution is 2.32. The number of ether oxygens (including phenoxy) is 2. The molecule has 0 bridgehead atoms. The summed E-state index contributed by atoms with van der Waals surface area (Å²) in [6.45, 7) is 1.70. The smallest absolute Gasteiger partial charge is 0.327 e. The average molecular weight is 414 g/mol. The molecular weight excluding hydrogens is 392 g/mol. The first kappa shape index (κ1) is 20.5. The zero-order chi connectivity index (χ0) is 21.0. The second kappa shape index (κ2) is 8.40. The van der Waals surface area contributed by atoms with Crippen LogP contribution in [0, 0.1) is 0 Å². The van der Waals surface area contributed by atoms with E-state index in [1.165, 1.54) is 26.4 Å². The molecular formula is C21H22N2O5S. The van der Waals surface area contributed by atoms with Crippen LogP contribution in [-0.2, 0) is 19.6 Å². The van der Waals surface area contributed by atoms with Crippen LogP contribution in [-0.4, -0.2) is 34.6 Å². The molecule has 0 aromatic heterocycles. The SMILES string of the molecule is COC(=O)[C@H](C)Nc1ccc(NS(=O)(=O)c2ccc(OC)cc2)c2ccccc12. The maximum absolute atomic E-state index is 12.8. The van der Waals surface area contributed by atoms with Gasteiger partial charge in [0.1, 0.15) is 11.8 Å². The van der Waals surface area contributed by atoms with Crippen LogP contribution in [0.5, 0.6) is 5.75 Å². The zero-order valence-electron chi connectivity index (χ0n) is 16.3. The van der Waals surface area contributed by atoms with E-state index in [-0.39, 0.29) is 4.90 Å². The van der Waals surface area contributed by atoms with Crippen molar-refractivity contribution in [2.45, 2.75) is 17.9 Å². The largest absolute Gasteiger partial charge is 0.497 e. The summed E-state index contributed by atoms with van der Waals surface area (Å²) < 4.78 is 38.1. The summed E-state index contributed by atoms with van der Waals surface area (Å²) in [6, 6.07) is 16.3. The summed E-state index contributed by atoms with van der Waals surface area (Å²) >= 11 is 0. The van der Waals surface area contributed by atoms with Gasteiger partial charge in [0.25, 0.3) is 10.0 Å². The van der Waals surface area contributed by atoms with Crippen LogP contribution in [0.3, 0.4) is 0 Å². The standard InChI is InChI=1S/C21H22N2O5S/c1-14(21(24)28-3)22-19-12-13-20(18-7-5-4-6-17(18)19)23-29(25,26)16-10-8-15(27-2)9-11-16/h4-14,22-23H,1-3H3/t14-/m0/s1. The molecule has 0 heterocycles. The fraction of sp³-hybridized carbons (Fsp3) is 0.190. The zero-order valence-corrected chi connectivity index (χ0v) is 17.1. The van der Waals surface area contributed by atoms with E-state index in [1.807, 2.05) is 24.3 Å². The van der Waals surface area contributed by atoms with Crippen LogP contribution >= 0.6 is 0 Å². The van der Waals surface area contributed by atoms with Crippen molar-refractivity contribution in [1.29, 1.82) is 0 Å². The van der Waals surface area contributed by atoms with E-state index in [2.05, 4.69) is 10.0 Å². The molecule has 3 rings (SSSR count). The lowest BCUT2D eigenvalue weighted by molar-refractivity contribution is -0.141. The van der Waals surface area contributed by atoms with Gasteiger partial charge in [-0.2, -0.15) is 0 Å². The number of nitrogens with one attached hydrogen (secondary N) is 2. The van der Waals surface area contributed by atoms with Crippen molar-refractivity contribution in [2.75, 3.05) is 24.3 Å². The molecule has 0 spiro atoms. The quantitative estimate of drug-likeness (QED) is 0.574. The van der Waals surface area contributed by atoms with E-state index < -0.39 is 22.0 Å². The van der Waals surface area contributed by atoms with Crippen molar-refractivity contribution >= 4 is 38.1 Å². The fourth-order valence-corrected chi connectivity index (χ4v) is 4.02. The maximum atomic E-state index is 12.8.